The van der Waals surface area contributed by atoms with Gasteiger partial charge in [-0.3, -0.25) is 4.79 Å². The Morgan fingerprint density at radius 1 is 1.44 bits per heavy atom. The maximum absolute atomic E-state index is 13.5. The molecule has 27 heavy (non-hydrogen) atoms. The number of rotatable bonds is 5. The SMILES string of the molecule is CCOC(=O)c1c2c(c(CNc3ccc(F)c(C)c3)n1C)C(=O)N[C@@H](C)C2. The van der Waals surface area contributed by atoms with Gasteiger partial charge in [0.2, 0.25) is 0 Å². The molecule has 0 radical (unpaired) electrons. The number of nitrogens with one attached hydrogen (secondary N) is 2. The predicted octanol–water partition coefficient (Wildman–Crippen LogP) is 2.94. The van der Waals surface area contributed by atoms with Crippen molar-refractivity contribution in [1.82, 2.24) is 9.88 Å². The molecule has 0 saturated carbocycles. The standard InChI is InChI=1S/C20H24FN3O3/c1-5-27-20(26)18-14-9-12(3)23-19(25)17(14)16(24(18)4)10-22-13-6-7-15(21)11(2)8-13/h6-8,12,22H,5,9-10H2,1-4H3,(H,23,25)/t12-/m0/s1. The van der Waals surface area contributed by atoms with Crippen LogP contribution < -0.4 is 10.6 Å². The normalized spacial score (nSPS) is 15.9. The summed E-state index contributed by atoms with van der Waals surface area (Å²) in [4.78, 5) is 25.1. The quantitative estimate of drug-likeness (QED) is 0.791. The van der Waals surface area contributed by atoms with Gasteiger partial charge < -0.3 is 19.9 Å². The second kappa shape index (κ2) is 7.42. The summed E-state index contributed by atoms with van der Waals surface area (Å²) < 4.78 is 20.4. The molecule has 1 aliphatic heterocycles. The van der Waals surface area contributed by atoms with Gasteiger partial charge in [0.15, 0.2) is 0 Å². The molecule has 0 fully saturated rings. The Hall–Kier alpha value is -2.83. The van der Waals surface area contributed by atoms with Crippen molar-refractivity contribution in [3.05, 3.63) is 52.1 Å². The molecule has 7 heteroatoms. The van der Waals surface area contributed by atoms with Crippen LogP contribution in [0.4, 0.5) is 10.1 Å². The van der Waals surface area contributed by atoms with Crippen molar-refractivity contribution in [2.75, 3.05) is 11.9 Å². The van der Waals surface area contributed by atoms with Crippen molar-refractivity contribution < 1.29 is 18.7 Å². The highest BCUT2D eigenvalue weighted by Crippen LogP contribution is 2.29. The van der Waals surface area contributed by atoms with Crippen molar-refractivity contribution in [2.45, 2.75) is 39.8 Å². The van der Waals surface area contributed by atoms with E-state index in [4.69, 9.17) is 4.74 Å². The summed E-state index contributed by atoms with van der Waals surface area (Å²) in [5.41, 5.74) is 3.63. The lowest BCUT2D eigenvalue weighted by Crippen LogP contribution is -2.39. The average Bonchev–Trinajstić information content (AvgIpc) is 2.88. The van der Waals surface area contributed by atoms with E-state index in [0.29, 0.717) is 35.5 Å². The maximum atomic E-state index is 13.5. The Morgan fingerprint density at radius 2 is 2.19 bits per heavy atom. The first-order chi connectivity index (χ1) is 12.8. The number of aryl methyl sites for hydroxylation is 1. The molecule has 3 rings (SSSR count). The van der Waals surface area contributed by atoms with Crippen molar-refractivity contribution in [1.29, 1.82) is 0 Å². The van der Waals surface area contributed by atoms with Gasteiger partial charge >= 0.3 is 5.97 Å². The van der Waals surface area contributed by atoms with Gasteiger partial charge in [0.25, 0.3) is 5.91 Å². The van der Waals surface area contributed by atoms with E-state index in [1.54, 1.807) is 37.6 Å². The van der Waals surface area contributed by atoms with Crippen LogP contribution >= 0.6 is 0 Å². The van der Waals surface area contributed by atoms with Crippen LogP contribution in [0.15, 0.2) is 18.2 Å². The number of esters is 1. The number of anilines is 1. The van der Waals surface area contributed by atoms with E-state index in [9.17, 15) is 14.0 Å². The Balaban J connectivity index is 1.99. The summed E-state index contributed by atoms with van der Waals surface area (Å²) in [5.74, 6) is -0.890. The van der Waals surface area contributed by atoms with Gasteiger partial charge in [-0.1, -0.05) is 0 Å². The Kier molecular flexibility index (Phi) is 5.21. The fourth-order valence-corrected chi connectivity index (χ4v) is 3.52. The first-order valence-electron chi connectivity index (χ1n) is 9.01. The minimum absolute atomic E-state index is 0.0545. The topological polar surface area (TPSA) is 72.4 Å². The van der Waals surface area contributed by atoms with Crippen LogP contribution in [0, 0.1) is 12.7 Å². The number of halogens is 1. The molecule has 2 N–H and O–H groups in total. The second-order valence-electron chi connectivity index (χ2n) is 6.82. The molecule has 0 unspecified atom stereocenters. The molecule has 2 heterocycles. The summed E-state index contributed by atoms with van der Waals surface area (Å²) in [6.07, 6.45) is 0.568. The highest BCUT2D eigenvalue weighted by molar-refractivity contribution is 6.03. The third-order valence-electron chi connectivity index (χ3n) is 4.82. The number of carbonyl (C=O) groups excluding carboxylic acids is 2. The van der Waals surface area contributed by atoms with E-state index in [-0.39, 0.29) is 24.4 Å². The summed E-state index contributed by atoms with van der Waals surface area (Å²) in [5, 5.41) is 6.14. The average molecular weight is 373 g/mol. The molecule has 0 spiro atoms. The molecule has 144 valence electrons. The van der Waals surface area contributed by atoms with E-state index in [1.165, 1.54) is 6.07 Å². The summed E-state index contributed by atoms with van der Waals surface area (Å²) in [7, 11) is 1.76. The van der Waals surface area contributed by atoms with Gasteiger partial charge in [0.05, 0.1) is 24.4 Å². The number of nitrogens with zero attached hydrogens (tertiary/aromatic N) is 1. The number of aromatic nitrogens is 1. The summed E-state index contributed by atoms with van der Waals surface area (Å²) >= 11 is 0. The maximum Gasteiger partial charge on any atom is 0.355 e. The minimum atomic E-state index is -0.429. The molecule has 1 aromatic carbocycles. The fraction of sp³-hybridized carbons (Fsp3) is 0.400. The minimum Gasteiger partial charge on any atom is -0.461 e. The van der Waals surface area contributed by atoms with Gasteiger partial charge in [-0.2, -0.15) is 0 Å². The lowest BCUT2D eigenvalue weighted by atomic mass is 9.96. The van der Waals surface area contributed by atoms with Crippen LogP contribution in [-0.2, 0) is 24.8 Å². The van der Waals surface area contributed by atoms with Crippen LogP contribution in [0.2, 0.25) is 0 Å². The van der Waals surface area contributed by atoms with Crippen molar-refractivity contribution in [3.8, 4) is 0 Å². The zero-order valence-corrected chi connectivity index (χ0v) is 16.0. The summed E-state index contributed by atoms with van der Waals surface area (Å²) in [6.45, 7) is 5.94. The molecule has 1 aromatic heterocycles. The predicted molar refractivity (Wildman–Crippen MR) is 100 cm³/mol. The molecular formula is C20H24FN3O3. The second-order valence-corrected chi connectivity index (χ2v) is 6.82. The van der Waals surface area contributed by atoms with Crippen LogP contribution in [0.3, 0.4) is 0 Å². The molecule has 2 aromatic rings. The molecule has 1 atom stereocenters. The smallest absolute Gasteiger partial charge is 0.355 e. The Labute approximate surface area is 157 Å². The zero-order valence-electron chi connectivity index (χ0n) is 16.0. The number of carbonyl (C=O) groups is 2. The van der Waals surface area contributed by atoms with E-state index in [2.05, 4.69) is 10.6 Å². The largest absolute Gasteiger partial charge is 0.461 e. The van der Waals surface area contributed by atoms with E-state index >= 15 is 0 Å². The van der Waals surface area contributed by atoms with Gasteiger partial charge in [-0.05, 0) is 56.5 Å². The van der Waals surface area contributed by atoms with Crippen LogP contribution in [-0.4, -0.2) is 29.1 Å². The lowest BCUT2D eigenvalue weighted by Gasteiger charge is -2.21. The molecule has 0 aliphatic carbocycles. The van der Waals surface area contributed by atoms with Gasteiger partial charge in [-0.15, -0.1) is 0 Å². The van der Waals surface area contributed by atoms with E-state index in [1.807, 2.05) is 6.92 Å². The molecule has 0 bridgehead atoms. The van der Waals surface area contributed by atoms with E-state index < -0.39 is 5.97 Å². The molecular weight excluding hydrogens is 349 g/mol. The first kappa shape index (κ1) is 18.9. The number of ether oxygens (including phenoxy) is 1. The first-order valence-corrected chi connectivity index (χ1v) is 9.01. The highest BCUT2D eigenvalue weighted by Gasteiger charge is 2.34. The van der Waals surface area contributed by atoms with Crippen LogP contribution in [0.25, 0.3) is 0 Å². The monoisotopic (exact) mass is 373 g/mol. The van der Waals surface area contributed by atoms with Crippen LogP contribution in [0.1, 0.15) is 51.5 Å². The van der Waals surface area contributed by atoms with Gasteiger partial charge in [0, 0.05) is 18.8 Å². The number of benzene rings is 1. The van der Waals surface area contributed by atoms with E-state index in [0.717, 1.165) is 11.3 Å². The van der Waals surface area contributed by atoms with Crippen molar-refractivity contribution in [2.24, 2.45) is 7.05 Å². The Bertz CT molecular complexity index is 904. The molecule has 0 saturated heterocycles. The third kappa shape index (κ3) is 3.54. The molecule has 1 aliphatic rings. The lowest BCUT2D eigenvalue weighted by molar-refractivity contribution is 0.0513. The number of hydrogen-bond acceptors (Lipinski definition) is 4. The number of amides is 1. The zero-order chi connectivity index (χ0) is 19.7. The number of fused-ring (bicyclic) bond motifs is 1. The van der Waals surface area contributed by atoms with Crippen molar-refractivity contribution >= 4 is 17.6 Å². The summed E-state index contributed by atoms with van der Waals surface area (Å²) in [6, 6.07) is 4.70. The van der Waals surface area contributed by atoms with Gasteiger partial charge in [0.1, 0.15) is 11.5 Å². The van der Waals surface area contributed by atoms with Gasteiger partial charge in [-0.25, -0.2) is 9.18 Å². The third-order valence-corrected chi connectivity index (χ3v) is 4.82. The molecule has 1 amide bonds. The fourth-order valence-electron chi connectivity index (χ4n) is 3.52. The number of hydrogen-bond donors (Lipinski definition) is 2. The molecule has 6 nitrogen and oxygen atoms in total. The Morgan fingerprint density at radius 3 is 2.85 bits per heavy atom. The van der Waals surface area contributed by atoms with Crippen LogP contribution in [0.5, 0.6) is 0 Å². The van der Waals surface area contributed by atoms with Crippen molar-refractivity contribution in [3.63, 3.8) is 0 Å². The highest BCUT2D eigenvalue weighted by atomic mass is 19.1.